The van der Waals surface area contributed by atoms with Gasteiger partial charge in [-0.1, -0.05) is 0 Å². The number of hydrogen-bond donors (Lipinski definition) is 1. The molecule has 17 heavy (non-hydrogen) atoms. The first-order valence-electron chi connectivity index (χ1n) is 5.66. The Kier molecular flexibility index (Phi) is 4.57. The molecule has 0 aliphatic heterocycles. The van der Waals surface area contributed by atoms with E-state index in [1.807, 2.05) is 0 Å². The van der Waals surface area contributed by atoms with E-state index in [1.54, 1.807) is 38.8 Å². The predicted octanol–water partition coefficient (Wildman–Crippen LogP) is 0.936. The van der Waals surface area contributed by atoms with Crippen LogP contribution in [0.1, 0.15) is 35.1 Å². The molecular formula is C12H19N3O2. The summed E-state index contributed by atoms with van der Waals surface area (Å²) < 4.78 is 0. The van der Waals surface area contributed by atoms with E-state index >= 15 is 0 Å². The molecule has 0 saturated heterocycles. The maximum Gasteiger partial charge on any atom is 0.255 e. The van der Waals surface area contributed by atoms with Crippen LogP contribution in [0.2, 0.25) is 0 Å². The minimum atomic E-state index is -0.399. The van der Waals surface area contributed by atoms with Crippen LogP contribution < -0.4 is 0 Å². The molecule has 1 atom stereocenters. The summed E-state index contributed by atoms with van der Waals surface area (Å²) in [5.74, 6) is -0.0823. The van der Waals surface area contributed by atoms with Gasteiger partial charge in [0.1, 0.15) is 0 Å². The summed E-state index contributed by atoms with van der Waals surface area (Å²) in [5, 5.41) is 17.0. The second kappa shape index (κ2) is 5.72. The van der Waals surface area contributed by atoms with Gasteiger partial charge in [0.15, 0.2) is 0 Å². The lowest BCUT2D eigenvalue weighted by molar-refractivity contribution is 0.0767. The molecule has 1 heterocycles. The number of aliphatic hydroxyl groups excluding tert-OH is 1. The maximum atomic E-state index is 12.1. The first-order chi connectivity index (χ1) is 7.91. The van der Waals surface area contributed by atoms with Gasteiger partial charge in [-0.05, 0) is 33.3 Å². The first kappa shape index (κ1) is 13.6. The average molecular weight is 237 g/mol. The lowest BCUT2D eigenvalue weighted by Crippen LogP contribution is -2.30. The molecule has 0 aliphatic rings. The Morgan fingerprint density at radius 1 is 1.47 bits per heavy atom. The highest BCUT2D eigenvalue weighted by Gasteiger charge is 2.15. The molecule has 1 amide bonds. The van der Waals surface area contributed by atoms with Gasteiger partial charge in [-0.25, -0.2) is 0 Å². The third kappa shape index (κ3) is 3.78. The lowest BCUT2D eigenvalue weighted by Gasteiger charge is -2.18. The Bertz CT molecular complexity index is 405. The maximum absolute atomic E-state index is 12.1. The van der Waals surface area contributed by atoms with Gasteiger partial charge in [0.25, 0.3) is 5.91 Å². The highest BCUT2D eigenvalue weighted by Crippen LogP contribution is 2.09. The van der Waals surface area contributed by atoms with Crippen molar-refractivity contribution in [3.05, 3.63) is 23.0 Å². The van der Waals surface area contributed by atoms with E-state index in [1.165, 1.54) is 0 Å². The Hall–Kier alpha value is -1.49. The van der Waals surface area contributed by atoms with Crippen LogP contribution in [0.25, 0.3) is 0 Å². The molecule has 1 rings (SSSR count). The van der Waals surface area contributed by atoms with Gasteiger partial charge in [-0.3, -0.25) is 4.79 Å². The van der Waals surface area contributed by atoms with E-state index in [0.717, 1.165) is 5.69 Å². The van der Waals surface area contributed by atoms with Gasteiger partial charge in [0, 0.05) is 13.6 Å². The summed E-state index contributed by atoms with van der Waals surface area (Å²) in [4.78, 5) is 13.7. The van der Waals surface area contributed by atoms with Gasteiger partial charge >= 0.3 is 0 Å². The minimum Gasteiger partial charge on any atom is -0.393 e. The van der Waals surface area contributed by atoms with Gasteiger partial charge in [0.2, 0.25) is 0 Å². The van der Waals surface area contributed by atoms with Crippen LogP contribution in [-0.4, -0.2) is 45.8 Å². The number of rotatable bonds is 4. The SMILES string of the molecule is Cc1cc(C(=O)N(C)CCC(C)O)c(C)nn1. The molecular weight excluding hydrogens is 218 g/mol. The van der Waals surface area contributed by atoms with Crippen LogP contribution in [0, 0.1) is 13.8 Å². The average Bonchev–Trinajstić information content (AvgIpc) is 2.28. The molecule has 0 aromatic carbocycles. The van der Waals surface area contributed by atoms with Gasteiger partial charge in [-0.15, -0.1) is 0 Å². The van der Waals surface area contributed by atoms with Crippen LogP contribution in [0.15, 0.2) is 6.07 Å². The smallest absolute Gasteiger partial charge is 0.255 e. The molecule has 0 spiro atoms. The number of carbonyl (C=O) groups excluding carboxylic acids is 1. The van der Waals surface area contributed by atoms with E-state index in [-0.39, 0.29) is 5.91 Å². The largest absolute Gasteiger partial charge is 0.393 e. The summed E-state index contributed by atoms with van der Waals surface area (Å²) in [7, 11) is 1.72. The molecule has 1 aromatic heterocycles. The molecule has 1 aromatic rings. The second-order valence-corrected chi connectivity index (χ2v) is 4.35. The Morgan fingerprint density at radius 2 is 2.12 bits per heavy atom. The van der Waals surface area contributed by atoms with Crippen molar-refractivity contribution in [1.82, 2.24) is 15.1 Å². The Balaban J connectivity index is 2.78. The molecule has 94 valence electrons. The first-order valence-corrected chi connectivity index (χ1v) is 5.66. The van der Waals surface area contributed by atoms with E-state index < -0.39 is 6.10 Å². The topological polar surface area (TPSA) is 66.3 Å². The number of aliphatic hydroxyl groups is 1. The van der Waals surface area contributed by atoms with Crippen LogP contribution >= 0.6 is 0 Å². The van der Waals surface area contributed by atoms with E-state index in [2.05, 4.69) is 10.2 Å². The van der Waals surface area contributed by atoms with Crippen LogP contribution in [-0.2, 0) is 0 Å². The number of aromatic nitrogens is 2. The molecule has 5 heteroatoms. The number of hydrogen-bond acceptors (Lipinski definition) is 4. The van der Waals surface area contributed by atoms with E-state index in [0.29, 0.717) is 24.2 Å². The highest BCUT2D eigenvalue weighted by molar-refractivity contribution is 5.95. The molecule has 5 nitrogen and oxygen atoms in total. The van der Waals surface area contributed by atoms with Crippen molar-refractivity contribution in [2.75, 3.05) is 13.6 Å². The van der Waals surface area contributed by atoms with Gasteiger partial charge < -0.3 is 10.0 Å². The number of amides is 1. The molecule has 0 aliphatic carbocycles. The highest BCUT2D eigenvalue weighted by atomic mass is 16.3. The summed E-state index contributed by atoms with van der Waals surface area (Å²) in [6.45, 7) is 5.81. The van der Waals surface area contributed by atoms with Crippen molar-refractivity contribution in [3.63, 3.8) is 0 Å². The third-order valence-corrected chi connectivity index (χ3v) is 2.56. The minimum absolute atomic E-state index is 0.0823. The van der Waals surface area contributed by atoms with Crippen molar-refractivity contribution in [2.45, 2.75) is 33.3 Å². The van der Waals surface area contributed by atoms with Gasteiger partial charge in [-0.2, -0.15) is 10.2 Å². The normalized spacial score (nSPS) is 12.3. The summed E-state index contributed by atoms with van der Waals surface area (Å²) >= 11 is 0. The van der Waals surface area contributed by atoms with Crippen molar-refractivity contribution in [3.8, 4) is 0 Å². The molecule has 0 radical (unpaired) electrons. The van der Waals surface area contributed by atoms with Crippen LogP contribution in [0.4, 0.5) is 0 Å². The molecule has 0 saturated carbocycles. The second-order valence-electron chi connectivity index (χ2n) is 4.35. The standard InChI is InChI=1S/C12H19N3O2/c1-8-7-11(10(3)14-13-8)12(17)15(4)6-5-9(2)16/h7,9,16H,5-6H2,1-4H3. The summed E-state index contributed by atoms with van der Waals surface area (Å²) in [6, 6.07) is 1.74. The van der Waals surface area contributed by atoms with Gasteiger partial charge in [0.05, 0.1) is 23.1 Å². The van der Waals surface area contributed by atoms with Crippen LogP contribution in [0.3, 0.4) is 0 Å². The zero-order chi connectivity index (χ0) is 13.0. The fourth-order valence-corrected chi connectivity index (χ4v) is 1.45. The van der Waals surface area contributed by atoms with E-state index in [9.17, 15) is 9.90 Å². The van der Waals surface area contributed by atoms with Crippen molar-refractivity contribution >= 4 is 5.91 Å². The monoisotopic (exact) mass is 237 g/mol. The van der Waals surface area contributed by atoms with Crippen molar-refractivity contribution in [1.29, 1.82) is 0 Å². The number of carbonyl (C=O) groups is 1. The lowest BCUT2D eigenvalue weighted by atomic mass is 10.1. The molecule has 0 fully saturated rings. The van der Waals surface area contributed by atoms with Crippen molar-refractivity contribution < 1.29 is 9.90 Å². The quantitative estimate of drug-likeness (QED) is 0.846. The summed E-state index contributed by atoms with van der Waals surface area (Å²) in [6.07, 6.45) is 0.169. The zero-order valence-corrected chi connectivity index (χ0v) is 10.8. The summed E-state index contributed by atoms with van der Waals surface area (Å²) in [5.41, 5.74) is 1.93. The van der Waals surface area contributed by atoms with E-state index in [4.69, 9.17) is 0 Å². The Labute approximate surface area is 101 Å². The Morgan fingerprint density at radius 3 is 2.71 bits per heavy atom. The van der Waals surface area contributed by atoms with Crippen molar-refractivity contribution in [2.24, 2.45) is 0 Å². The fourth-order valence-electron chi connectivity index (χ4n) is 1.45. The molecule has 0 bridgehead atoms. The number of nitrogens with zero attached hydrogens (tertiary/aromatic N) is 3. The molecule has 1 N–H and O–H groups in total. The third-order valence-electron chi connectivity index (χ3n) is 2.56. The van der Waals surface area contributed by atoms with Crippen LogP contribution in [0.5, 0.6) is 0 Å². The zero-order valence-electron chi connectivity index (χ0n) is 10.8. The number of aryl methyl sites for hydroxylation is 2. The fraction of sp³-hybridized carbons (Fsp3) is 0.583. The molecule has 1 unspecified atom stereocenters. The predicted molar refractivity (Wildman–Crippen MR) is 64.8 cm³/mol.